The van der Waals surface area contributed by atoms with E-state index in [-0.39, 0.29) is 18.2 Å². The highest BCUT2D eigenvalue weighted by molar-refractivity contribution is 5.76. The van der Waals surface area contributed by atoms with Crippen molar-refractivity contribution in [2.75, 3.05) is 26.2 Å². The van der Waals surface area contributed by atoms with Crippen LogP contribution in [0.2, 0.25) is 0 Å². The Morgan fingerprint density at radius 2 is 1.43 bits per heavy atom. The first-order chi connectivity index (χ1) is 11.3. The van der Waals surface area contributed by atoms with Crippen molar-refractivity contribution in [3.05, 3.63) is 0 Å². The van der Waals surface area contributed by atoms with Crippen LogP contribution in [0.4, 0.5) is 0 Å². The van der Waals surface area contributed by atoms with E-state index in [1.54, 1.807) is 0 Å². The predicted molar refractivity (Wildman–Crippen MR) is 87.0 cm³/mol. The SMILES string of the molecule is O=C(OC1C2CCCNN1CCC2)C1C2CCCNN1CCC2. The number of piperidine rings is 2. The summed E-state index contributed by atoms with van der Waals surface area (Å²) >= 11 is 0. The lowest BCUT2D eigenvalue weighted by Gasteiger charge is -2.42. The van der Waals surface area contributed by atoms with E-state index >= 15 is 0 Å². The first kappa shape index (κ1) is 15.8. The first-order valence-corrected chi connectivity index (χ1v) is 9.54. The lowest BCUT2D eigenvalue weighted by molar-refractivity contribution is -0.184. The highest BCUT2D eigenvalue weighted by Crippen LogP contribution is 2.33. The van der Waals surface area contributed by atoms with Gasteiger partial charge in [0.25, 0.3) is 0 Å². The Kier molecular flexibility index (Phi) is 4.85. The number of fused-ring (bicyclic) bond motifs is 4. The highest BCUT2D eigenvalue weighted by Gasteiger charge is 2.42. The molecule has 6 unspecified atom stereocenters. The molecule has 4 aliphatic rings. The van der Waals surface area contributed by atoms with Gasteiger partial charge in [0.15, 0.2) is 6.23 Å². The number of nitrogens with one attached hydrogen (secondary N) is 2. The number of esters is 1. The van der Waals surface area contributed by atoms with Gasteiger partial charge in [0, 0.05) is 32.1 Å². The number of hydrogen-bond acceptors (Lipinski definition) is 6. The van der Waals surface area contributed by atoms with Gasteiger partial charge in [0.2, 0.25) is 0 Å². The largest absolute Gasteiger partial charge is 0.444 e. The number of hydrogen-bond donors (Lipinski definition) is 2. The van der Waals surface area contributed by atoms with Crippen molar-refractivity contribution in [2.24, 2.45) is 11.8 Å². The summed E-state index contributed by atoms with van der Waals surface area (Å²) in [6, 6.07) is -0.0866. The Balaban J connectivity index is 1.47. The summed E-state index contributed by atoms with van der Waals surface area (Å²) in [5.41, 5.74) is 6.91. The molecule has 0 aliphatic carbocycles. The Morgan fingerprint density at radius 3 is 2.26 bits per heavy atom. The van der Waals surface area contributed by atoms with E-state index in [4.69, 9.17) is 4.74 Å². The highest BCUT2D eigenvalue weighted by atomic mass is 16.6. The lowest BCUT2D eigenvalue weighted by atomic mass is 9.87. The fraction of sp³-hybridized carbons (Fsp3) is 0.941. The minimum atomic E-state index is -0.0866. The van der Waals surface area contributed by atoms with Crippen LogP contribution in [-0.2, 0) is 9.53 Å². The van der Waals surface area contributed by atoms with Crippen molar-refractivity contribution >= 4 is 5.97 Å². The van der Waals surface area contributed by atoms with E-state index in [9.17, 15) is 4.79 Å². The van der Waals surface area contributed by atoms with Gasteiger partial charge in [-0.2, -0.15) is 0 Å². The quantitative estimate of drug-likeness (QED) is 0.746. The molecule has 0 aromatic carbocycles. The number of carbonyl (C=O) groups excluding carboxylic acids is 1. The summed E-state index contributed by atoms with van der Waals surface area (Å²) in [7, 11) is 0. The second-order valence-electron chi connectivity index (χ2n) is 7.56. The molecule has 4 saturated heterocycles. The fourth-order valence-electron chi connectivity index (χ4n) is 4.90. The summed E-state index contributed by atoms with van der Waals surface area (Å²) in [5.74, 6) is 0.950. The predicted octanol–water partition coefficient (Wildman–Crippen LogP) is 1.25. The van der Waals surface area contributed by atoms with Gasteiger partial charge in [-0.25, -0.2) is 10.0 Å². The van der Waals surface area contributed by atoms with Gasteiger partial charge >= 0.3 is 5.97 Å². The van der Waals surface area contributed by atoms with E-state index < -0.39 is 0 Å². The van der Waals surface area contributed by atoms with Gasteiger partial charge in [-0.05, 0) is 57.3 Å². The molecular weight excluding hydrogens is 292 g/mol. The first-order valence-electron chi connectivity index (χ1n) is 9.54. The van der Waals surface area contributed by atoms with Crippen molar-refractivity contribution in [2.45, 2.75) is 63.6 Å². The Hall–Kier alpha value is -0.690. The molecular formula is C17H30N4O2. The monoisotopic (exact) mass is 322 g/mol. The van der Waals surface area contributed by atoms with Crippen molar-refractivity contribution in [3.8, 4) is 0 Å². The van der Waals surface area contributed by atoms with Gasteiger partial charge in [-0.15, -0.1) is 0 Å². The van der Waals surface area contributed by atoms with Crippen LogP contribution in [0.25, 0.3) is 0 Å². The molecule has 6 atom stereocenters. The smallest absolute Gasteiger partial charge is 0.326 e. The van der Waals surface area contributed by atoms with Crippen molar-refractivity contribution < 1.29 is 9.53 Å². The third-order valence-corrected chi connectivity index (χ3v) is 6.05. The number of nitrogens with zero attached hydrogens (tertiary/aromatic N) is 2. The minimum absolute atomic E-state index is 0.00491. The maximum Gasteiger partial charge on any atom is 0.326 e. The van der Waals surface area contributed by atoms with Gasteiger partial charge in [0.05, 0.1) is 0 Å². The molecule has 4 rings (SSSR count). The molecule has 0 saturated carbocycles. The molecule has 130 valence electrons. The zero-order valence-electron chi connectivity index (χ0n) is 14.0. The summed E-state index contributed by atoms with van der Waals surface area (Å²) in [5, 5.41) is 4.35. The molecule has 0 aromatic heterocycles. The van der Waals surface area contributed by atoms with Gasteiger partial charge in [-0.1, -0.05) is 0 Å². The molecule has 4 bridgehead atoms. The lowest BCUT2D eigenvalue weighted by Crippen LogP contribution is -2.58. The Bertz CT molecular complexity index is 405. The average Bonchev–Trinajstić information content (AvgIpc) is 2.74. The van der Waals surface area contributed by atoms with Crippen LogP contribution in [0.15, 0.2) is 0 Å². The van der Waals surface area contributed by atoms with Crippen LogP contribution in [0, 0.1) is 11.8 Å². The maximum absolute atomic E-state index is 13.0. The third kappa shape index (κ3) is 3.27. The third-order valence-electron chi connectivity index (χ3n) is 6.05. The Morgan fingerprint density at radius 1 is 0.826 bits per heavy atom. The molecule has 0 aromatic rings. The number of carbonyl (C=O) groups is 1. The van der Waals surface area contributed by atoms with E-state index in [2.05, 4.69) is 20.9 Å². The van der Waals surface area contributed by atoms with Crippen LogP contribution >= 0.6 is 0 Å². The molecule has 0 radical (unpaired) electrons. The molecule has 23 heavy (non-hydrogen) atoms. The van der Waals surface area contributed by atoms with E-state index in [0.29, 0.717) is 11.8 Å². The molecule has 6 nitrogen and oxygen atoms in total. The number of rotatable bonds is 2. The summed E-state index contributed by atoms with van der Waals surface area (Å²) < 4.78 is 6.11. The zero-order valence-corrected chi connectivity index (χ0v) is 14.0. The van der Waals surface area contributed by atoms with E-state index in [0.717, 1.165) is 51.9 Å². The molecule has 0 spiro atoms. The number of hydrazine groups is 2. The summed E-state index contributed by atoms with van der Waals surface area (Å²) in [6.07, 6.45) is 9.30. The average molecular weight is 322 g/mol. The molecule has 4 aliphatic heterocycles. The van der Waals surface area contributed by atoms with Crippen LogP contribution in [0.5, 0.6) is 0 Å². The van der Waals surface area contributed by atoms with E-state index in [1.807, 2.05) is 0 Å². The van der Waals surface area contributed by atoms with E-state index in [1.165, 1.54) is 25.7 Å². The van der Waals surface area contributed by atoms with Gasteiger partial charge in [0.1, 0.15) is 6.04 Å². The van der Waals surface area contributed by atoms with Crippen molar-refractivity contribution in [3.63, 3.8) is 0 Å². The molecule has 2 N–H and O–H groups in total. The topological polar surface area (TPSA) is 56.8 Å². The second kappa shape index (κ2) is 7.05. The van der Waals surface area contributed by atoms with Gasteiger partial charge in [-0.3, -0.25) is 15.6 Å². The maximum atomic E-state index is 13.0. The zero-order chi connectivity index (χ0) is 15.6. The fourth-order valence-corrected chi connectivity index (χ4v) is 4.90. The summed E-state index contributed by atoms with van der Waals surface area (Å²) in [4.78, 5) is 13.0. The number of ether oxygens (including phenoxy) is 1. The van der Waals surface area contributed by atoms with Crippen LogP contribution < -0.4 is 10.9 Å². The normalized spacial score (nSPS) is 44.0. The second-order valence-corrected chi connectivity index (χ2v) is 7.56. The van der Waals surface area contributed by atoms with Gasteiger partial charge < -0.3 is 4.74 Å². The minimum Gasteiger partial charge on any atom is -0.444 e. The summed E-state index contributed by atoms with van der Waals surface area (Å²) in [6.45, 7) is 3.95. The Labute approximate surface area is 138 Å². The van der Waals surface area contributed by atoms with Crippen molar-refractivity contribution in [1.82, 2.24) is 20.9 Å². The standard InChI is InChI=1S/C17H30N4O2/c22-17(15-13-5-1-9-18-20(15)11-3-7-13)23-16-14-6-2-10-19-21(16)12-4-8-14/h13-16,18-19H,1-12H2. The van der Waals surface area contributed by atoms with Crippen LogP contribution in [0.3, 0.4) is 0 Å². The molecule has 6 heteroatoms. The molecule has 4 heterocycles. The van der Waals surface area contributed by atoms with Crippen LogP contribution in [-0.4, -0.2) is 54.4 Å². The van der Waals surface area contributed by atoms with Crippen molar-refractivity contribution in [1.29, 1.82) is 0 Å². The molecule has 0 amide bonds. The van der Waals surface area contributed by atoms with Crippen LogP contribution in [0.1, 0.15) is 51.4 Å². The molecule has 4 fully saturated rings.